The number of hydrogen-bond donors (Lipinski definition) is 2. The normalized spacial score (nSPS) is 25.6. The van der Waals surface area contributed by atoms with Crippen LogP contribution in [0.2, 0.25) is 0 Å². The summed E-state index contributed by atoms with van der Waals surface area (Å²) in [7, 11) is 0. The Hall–Kier alpha value is -5.36. The third-order valence-electron chi connectivity index (χ3n) is 10.7. The summed E-state index contributed by atoms with van der Waals surface area (Å²) < 4.78 is 2.48. The molecular weight excluding hydrogens is 629 g/mol. The summed E-state index contributed by atoms with van der Waals surface area (Å²) in [6, 6.07) is 49.8. The molecule has 4 aliphatic rings. The first kappa shape index (κ1) is 29.5. The Morgan fingerprint density at radius 1 is 0.620 bits per heavy atom. The number of fused-ring (bicyclic) bond motifs is 6. The molecule has 3 heterocycles. The van der Waals surface area contributed by atoms with Crippen LogP contribution in [0.5, 0.6) is 0 Å². The third-order valence-corrected chi connectivity index (χ3v) is 12.4. The number of thioether (sulfide) groups is 1. The van der Waals surface area contributed by atoms with E-state index in [-0.39, 0.29) is 17.6 Å². The van der Waals surface area contributed by atoms with E-state index in [9.17, 15) is 0 Å². The maximum atomic E-state index is 5.49. The minimum atomic E-state index is -0.221. The molecule has 2 aliphatic heterocycles. The molecule has 2 aliphatic carbocycles. The molecule has 6 unspecified atom stereocenters. The summed E-state index contributed by atoms with van der Waals surface area (Å²) in [5, 5.41) is 10.9. The van der Waals surface area contributed by atoms with E-state index in [2.05, 4.69) is 197 Å². The number of rotatable bonds is 5. The second kappa shape index (κ2) is 12.2. The second-order valence-electron chi connectivity index (χ2n) is 13.5. The highest BCUT2D eigenvalue weighted by Crippen LogP contribution is 2.56. The van der Waals surface area contributed by atoms with Crippen molar-refractivity contribution in [1.29, 1.82) is 0 Å². The molecule has 1 saturated heterocycles. The van der Waals surface area contributed by atoms with Gasteiger partial charge in [-0.3, -0.25) is 5.32 Å². The van der Waals surface area contributed by atoms with Crippen molar-refractivity contribution in [2.45, 2.75) is 22.8 Å². The minimum Gasteiger partial charge on any atom is -0.350 e. The average Bonchev–Trinajstić information content (AvgIpc) is 3.74. The van der Waals surface area contributed by atoms with Crippen molar-refractivity contribution in [3.63, 3.8) is 0 Å². The molecule has 0 spiro atoms. The van der Waals surface area contributed by atoms with E-state index >= 15 is 0 Å². The number of aromatic nitrogens is 1. The molecule has 6 atom stereocenters. The Balaban J connectivity index is 1.16. The molecule has 5 aromatic carbocycles. The van der Waals surface area contributed by atoms with Gasteiger partial charge in [0.1, 0.15) is 18.2 Å². The molecule has 50 heavy (non-hydrogen) atoms. The van der Waals surface area contributed by atoms with E-state index in [1.54, 1.807) is 0 Å². The summed E-state index contributed by atoms with van der Waals surface area (Å²) in [4.78, 5) is 5.49. The lowest BCUT2D eigenvalue weighted by atomic mass is 9.76. The van der Waals surface area contributed by atoms with Crippen LogP contribution in [0.3, 0.4) is 0 Å². The van der Waals surface area contributed by atoms with Gasteiger partial charge in [-0.2, -0.15) is 0 Å². The van der Waals surface area contributed by atoms with Gasteiger partial charge in [-0.1, -0.05) is 152 Å². The van der Waals surface area contributed by atoms with E-state index in [1.165, 1.54) is 49.8 Å². The van der Waals surface area contributed by atoms with Gasteiger partial charge in [0, 0.05) is 44.4 Å². The van der Waals surface area contributed by atoms with Gasteiger partial charge in [-0.15, -0.1) is 11.8 Å². The van der Waals surface area contributed by atoms with Crippen molar-refractivity contribution in [1.82, 2.24) is 15.2 Å². The first-order valence-corrected chi connectivity index (χ1v) is 18.5. The first-order valence-electron chi connectivity index (χ1n) is 17.5. The Labute approximate surface area is 296 Å². The molecule has 2 N–H and O–H groups in total. The quantitative estimate of drug-likeness (QED) is 0.193. The van der Waals surface area contributed by atoms with E-state index < -0.39 is 0 Å². The molecule has 5 heteroatoms. The molecule has 0 amide bonds. The fourth-order valence-corrected chi connectivity index (χ4v) is 10.3. The molecule has 242 valence electrons. The number of nitrogens with one attached hydrogen (secondary N) is 2. The summed E-state index contributed by atoms with van der Waals surface area (Å²) in [5.74, 6) is 1.57. The minimum absolute atomic E-state index is 0.0933. The van der Waals surface area contributed by atoms with Crippen LogP contribution in [0.25, 0.3) is 33.1 Å². The number of allylic oxidation sites excluding steroid dienone is 6. The zero-order chi connectivity index (χ0) is 33.0. The fourth-order valence-electron chi connectivity index (χ4n) is 8.39. The monoisotopic (exact) mass is 664 g/mol. The van der Waals surface area contributed by atoms with E-state index in [1.807, 2.05) is 0 Å². The van der Waals surface area contributed by atoms with Crippen molar-refractivity contribution < 1.29 is 0 Å². The van der Waals surface area contributed by atoms with Crippen molar-refractivity contribution >= 4 is 50.7 Å². The van der Waals surface area contributed by atoms with Crippen LogP contribution in [-0.4, -0.2) is 27.1 Å². The lowest BCUT2D eigenvalue weighted by molar-refractivity contribution is 0.413. The molecule has 4 nitrogen and oxygen atoms in total. The highest BCUT2D eigenvalue weighted by Gasteiger charge is 2.49. The smallest absolute Gasteiger partial charge is 0.131 e. The molecular formula is C45H36N4S. The van der Waals surface area contributed by atoms with Gasteiger partial charge in [0.05, 0.1) is 11.0 Å². The van der Waals surface area contributed by atoms with Crippen molar-refractivity contribution in [2.24, 2.45) is 16.8 Å². The maximum absolute atomic E-state index is 5.49. The number of benzene rings is 5. The van der Waals surface area contributed by atoms with E-state index in [0.717, 1.165) is 11.4 Å². The van der Waals surface area contributed by atoms with Crippen LogP contribution in [-0.2, 0) is 0 Å². The lowest BCUT2D eigenvalue weighted by Crippen LogP contribution is -2.50. The largest absolute Gasteiger partial charge is 0.350 e. The Bertz CT molecular complexity index is 2330. The maximum Gasteiger partial charge on any atom is 0.131 e. The number of aliphatic imine (C=N–C) groups is 1. The first-order chi connectivity index (χ1) is 24.8. The van der Waals surface area contributed by atoms with E-state index in [0.29, 0.717) is 17.1 Å². The molecule has 0 radical (unpaired) electrons. The summed E-state index contributed by atoms with van der Waals surface area (Å²) in [6.07, 6.45) is 11.8. The van der Waals surface area contributed by atoms with Crippen LogP contribution in [0.4, 0.5) is 0 Å². The molecule has 1 aromatic heterocycles. The van der Waals surface area contributed by atoms with Gasteiger partial charge in [0.25, 0.3) is 0 Å². The highest BCUT2D eigenvalue weighted by atomic mass is 32.2. The van der Waals surface area contributed by atoms with Gasteiger partial charge in [0.15, 0.2) is 0 Å². The van der Waals surface area contributed by atoms with Crippen molar-refractivity contribution in [2.75, 3.05) is 0 Å². The number of amidine groups is 1. The van der Waals surface area contributed by atoms with Crippen LogP contribution in [0, 0.1) is 11.8 Å². The van der Waals surface area contributed by atoms with Crippen LogP contribution in [0.15, 0.2) is 180 Å². The third kappa shape index (κ3) is 4.92. The highest BCUT2D eigenvalue weighted by molar-refractivity contribution is 8.01. The Morgan fingerprint density at radius 3 is 1.94 bits per heavy atom. The number of para-hydroxylation sites is 2. The molecule has 10 rings (SSSR count). The zero-order valence-electron chi connectivity index (χ0n) is 27.4. The van der Waals surface area contributed by atoms with Gasteiger partial charge in [-0.25, -0.2) is 4.99 Å². The van der Waals surface area contributed by atoms with Crippen LogP contribution in [0.1, 0.15) is 22.9 Å². The van der Waals surface area contributed by atoms with E-state index in [4.69, 9.17) is 4.99 Å². The SMILES string of the molecule is C1=CC2C(SC3C(C4N=C(c5ccccc5)NC(c5ccccc5)N4)=CC(n4c5ccccc5c5ccccc54)=CC32)C(c2ccccc2)=C1. The summed E-state index contributed by atoms with van der Waals surface area (Å²) in [5.41, 5.74) is 10.0. The van der Waals surface area contributed by atoms with Gasteiger partial charge >= 0.3 is 0 Å². The second-order valence-corrected chi connectivity index (χ2v) is 14.8. The van der Waals surface area contributed by atoms with Crippen molar-refractivity contribution in [3.8, 4) is 0 Å². The van der Waals surface area contributed by atoms with Gasteiger partial charge in [-0.05, 0) is 40.5 Å². The predicted molar refractivity (Wildman–Crippen MR) is 210 cm³/mol. The van der Waals surface area contributed by atoms with Crippen LogP contribution < -0.4 is 10.6 Å². The molecule has 0 bridgehead atoms. The fraction of sp³-hybridized carbons (Fsp3) is 0.133. The zero-order valence-corrected chi connectivity index (χ0v) is 28.2. The standard InChI is InChI=1S/C45H36N4S/c1-4-15-29(16-5-1)33-23-14-24-36-37-27-32(49-39-25-12-10-21-34(39)35-22-11-13-26-40(35)49)28-38(42(37)50-41(33)36)45-47-43(30-17-6-2-7-18-30)46-44(48-45)31-19-8-3-9-20-31/h1-28,36-37,41-43,45,47H,(H,46,48). The molecule has 1 fully saturated rings. The Morgan fingerprint density at radius 2 is 1.24 bits per heavy atom. The van der Waals surface area contributed by atoms with Gasteiger partial charge < -0.3 is 9.88 Å². The number of hydrogen-bond acceptors (Lipinski definition) is 4. The number of nitrogens with zero attached hydrogens (tertiary/aromatic N) is 2. The summed E-state index contributed by atoms with van der Waals surface area (Å²) >= 11 is 2.11. The summed E-state index contributed by atoms with van der Waals surface area (Å²) in [6.45, 7) is 0. The topological polar surface area (TPSA) is 41.4 Å². The van der Waals surface area contributed by atoms with Gasteiger partial charge in [0.2, 0.25) is 0 Å². The lowest BCUT2D eigenvalue weighted by Gasteiger charge is -2.37. The molecule has 6 aromatic rings. The van der Waals surface area contributed by atoms with Crippen molar-refractivity contribution in [3.05, 3.63) is 192 Å². The van der Waals surface area contributed by atoms with Crippen LogP contribution >= 0.6 is 11.8 Å². The Kier molecular flexibility index (Phi) is 7.21. The average molecular weight is 665 g/mol. The molecule has 0 saturated carbocycles. The predicted octanol–water partition coefficient (Wildman–Crippen LogP) is 9.61.